The number of nitro benzene ring substituents is 1. The molecule has 108 valence electrons. The van der Waals surface area contributed by atoms with Gasteiger partial charge in [-0.2, -0.15) is 0 Å². The third-order valence-corrected chi connectivity index (χ3v) is 2.45. The van der Waals surface area contributed by atoms with E-state index in [2.05, 4.69) is 0 Å². The van der Waals surface area contributed by atoms with E-state index in [1.165, 1.54) is 12.1 Å². The van der Waals surface area contributed by atoms with E-state index < -0.39 is 34.0 Å². The maximum Gasteiger partial charge on any atom is 0.417 e. The van der Waals surface area contributed by atoms with Crippen molar-refractivity contribution in [3.63, 3.8) is 0 Å². The van der Waals surface area contributed by atoms with Crippen molar-refractivity contribution in [2.75, 3.05) is 5.32 Å². The van der Waals surface area contributed by atoms with Crippen LogP contribution in [0.25, 0.3) is 0 Å². The number of anilines is 1. The zero-order valence-corrected chi connectivity index (χ0v) is 10.4. The van der Waals surface area contributed by atoms with Gasteiger partial charge in [-0.15, -0.1) is 0 Å². The minimum Gasteiger partial charge on any atom is -0.410 e. The normalized spacial score (nSPS) is 10.0. The molecular weight excluding hydrogens is 286 g/mol. The summed E-state index contributed by atoms with van der Waals surface area (Å²) in [6, 6.07) is 9.12. The number of rotatable bonds is 3. The van der Waals surface area contributed by atoms with Crippen molar-refractivity contribution in [2.45, 2.75) is 0 Å². The van der Waals surface area contributed by atoms with Crippen molar-refractivity contribution in [1.29, 1.82) is 0 Å². The molecule has 0 bridgehead atoms. The van der Waals surface area contributed by atoms with Gasteiger partial charge in [0, 0.05) is 6.07 Å². The molecule has 21 heavy (non-hydrogen) atoms. The van der Waals surface area contributed by atoms with Crippen LogP contribution < -0.4 is 10.1 Å². The first-order valence-electron chi connectivity index (χ1n) is 5.65. The number of para-hydroxylation sites is 1. The zero-order chi connectivity index (χ0) is 15.4. The summed E-state index contributed by atoms with van der Waals surface area (Å²) in [6.45, 7) is 0. The summed E-state index contributed by atoms with van der Waals surface area (Å²) in [6.07, 6.45) is -1.17. The summed E-state index contributed by atoms with van der Waals surface area (Å²) in [4.78, 5) is 21.4. The molecule has 2 rings (SSSR count). The molecule has 0 aliphatic heterocycles. The van der Waals surface area contributed by atoms with Crippen LogP contribution in [0.4, 0.5) is 25.0 Å². The van der Waals surface area contributed by atoms with Gasteiger partial charge in [0.2, 0.25) is 0 Å². The second kappa shape index (κ2) is 5.95. The van der Waals surface area contributed by atoms with E-state index in [9.17, 15) is 23.7 Å². The quantitative estimate of drug-likeness (QED) is 0.694. The molecule has 0 heterocycles. The first-order chi connectivity index (χ1) is 9.99. The number of nitrogens with zero attached hydrogens (tertiary/aromatic N) is 1. The second-order valence-electron chi connectivity index (χ2n) is 3.84. The van der Waals surface area contributed by atoms with E-state index in [0.29, 0.717) is 6.07 Å². The fraction of sp³-hybridized carbons (Fsp3) is 0. The SMILES string of the molecule is O=C(Nc1c([N+](=O)[O-])ccc(F)c1F)Oc1ccccc1. The lowest BCUT2D eigenvalue weighted by molar-refractivity contribution is -0.384. The molecule has 0 aliphatic carbocycles. The summed E-state index contributed by atoms with van der Waals surface area (Å²) < 4.78 is 31.5. The number of amides is 1. The molecule has 0 unspecified atom stereocenters. The van der Waals surface area contributed by atoms with Gasteiger partial charge in [0.15, 0.2) is 17.3 Å². The van der Waals surface area contributed by atoms with Gasteiger partial charge in [-0.25, -0.2) is 13.6 Å². The Morgan fingerprint density at radius 1 is 1.14 bits per heavy atom. The summed E-state index contributed by atoms with van der Waals surface area (Å²) in [5.74, 6) is -2.71. The summed E-state index contributed by atoms with van der Waals surface area (Å²) in [7, 11) is 0. The Kier molecular flexibility index (Phi) is 4.07. The van der Waals surface area contributed by atoms with Gasteiger partial charge in [0.1, 0.15) is 5.75 Å². The summed E-state index contributed by atoms with van der Waals surface area (Å²) >= 11 is 0. The lowest BCUT2D eigenvalue weighted by Crippen LogP contribution is -2.19. The van der Waals surface area contributed by atoms with Gasteiger partial charge in [0.05, 0.1) is 4.92 Å². The molecule has 0 aliphatic rings. The lowest BCUT2D eigenvalue weighted by Gasteiger charge is -2.08. The minimum atomic E-state index is -1.53. The fourth-order valence-corrected chi connectivity index (χ4v) is 1.53. The van der Waals surface area contributed by atoms with Crippen LogP contribution in [-0.2, 0) is 0 Å². The number of carbonyl (C=O) groups is 1. The molecule has 2 aromatic rings. The molecule has 0 saturated heterocycles. The van der Waals surface area contributed by atoms with Crippen LogP contribution in [0.5, 0.6) is 5.75 Å². The van der Waals surface area contributed by atoms with Gasteiger partial charge in [-0.3, -0.25) is 15.4 Å². The number of halogens is 2. The van der Waals surface area contributed by atoms with Crippen molar-refractivity contribution < 1.29 is 23.2 Å². The number of benzene rings is 2. The molecule has 0 saturated carbocycles. The molecule has 0 fully saturated rings. The molecule has 0 aromatic heterocycles. The van der Waals surface area contributed by atoms with E-state index in [-0.39, 0.29) is 5.75 Å². The average Bonchev–Trinajstić information content (AvgIpc) is 2.44. The van der Waals surface area contributed by atoms with E-state index in [4.69, 9.17) is 4.74 Å². The van der Waals surface area contributed by atoms with Gasteiger partial charge in [-0.1, -0.05) is 18.2 Å². The predicted molar refractivity (Wildman–Crippen MR) is 69.1 cm³/mol. The van der Waals surface area contributed by atoms with Gasteiger partial charge in [0.25, 0.3) is 5.69 Å². The summed E-state index contributed by atoms with van der Waals surface area (Å²) in [5, 5.41) is 12.6. The van der Waals surface area contributed by atoms with Crippen molar-refractivity contribution in [1.82, 2.24) is 0 Å². The van der Waals surface area contributed by atoms with Crippen LogP contribution in [0.15, 0.2) is 42.5 Å². The fourth-order valence-electron chi connectivity index (χ4n) is 1.53. The van der Waals surface area contributed by atoms with Crippen LogP contribution in [0.3, 0.4) is 0 Å². The number of nitrogens with one attached hydrogen (secondary N) is 1. The third kappa shape index (κ3) is 3.30. The Balaban J connectivity index is 2.24. The Labute approximate surface area is 117 Å². The summed E-state index contributed by atoms with van der Waals surface area (Å²) in [5.41, 5.74) is -1.67. The van der Waals surface area contributed by atoms with Gasteiger partial charge >= 0.3 is 6.09 Å². The van der Waals surface area contributed by atoms with E-state index in [1.54, 1.807) is 18.2 Å². The molecule has 2 aromatic carbocycles. The highest BCUT2D eigenvalue weighted by molar-refractivity contribution is 5.89. The van der Waals surface area contributed by atoms with Crippen LogP contribution in [-0.4, -0.2) is 11.0 Å². The molecule has 6 nitrogen and oxygen atoms in total. The predicted octanol–water partition coefficient (Wildman–Crippen LogP) is 3.48. The smallest absolute Gasteiger partial charge is 0.410 e. The van der Waals surface area contributed by atoms with E-state index >= 15 is 0 Å². The largest absolute Gasteiger partial charge is 0.417 e. The van der Waals surface area contributed by atoms with Gasteiger partial charge < -0.3 is 4.74 Å². The Morgan fingerprint density at radius 3 is 2.43 bits per heavy atom. The Hall–Kier alpha value is -3.03. The standard InChI is InChI=1S/C13H8F2N2O4/c14-9-6-7-10(17(19)20)12(11(9)15)16-13(18)21-8-4-2-1-3-5-8/h1-7H,(H,16,18). The molecular formula is C13H8F2N2O4. The van der Waals surface area contributed by atoms with Crippen molar-refractivity contribution in [2.24, 2.45) is 0 Å². The number of hydrogen-bond donors (Lipinski definition) is 1. The lowest BCUT2D eigenvalue weighted by atomic mass is 10.2. The maximum absolute atomic E-state index is 13.6. The van der Waals surface area contributed by atoms with Crippen LogP contribution in [0.2, 0.25) is 0 Å². The highest BCUT2D eigenvalue weighted by Crippen LogP contribution is 2.29. The number of nitro groups is 1. The van der Waals surface area contributed by atoms with Crippen molar-refractivity contribution in [3.8, 4) is 5.75 Å². The average molecular weight is 294 g/mol. The molecule has 0 radical (unpaired) electrons. The topological polar surface area (TPSA) is 81.5 Å². The monoisotopic (exact) mass is 294 g/mol. The maximum atomic E-state index is 13.6. The molecule has 1 amide bonds. The first kappa shape index (κ1) is 14.4. The highest BCUT2D eigenvalue weighted by Gasteiger charge is 2.24. The Morgan fingerprint density at radius 2 is 1.81 bits per heavy atom. The van der Waals surface area contributed by atoms with Crippen LogP contribution in [0, 0.1) is 21.7 Å². The van der Waals surface area contributed by atoms with Crippen LogP contribution in [0.1, 0.15) is 0 Å². The molecule has 8 heteroatoms. The van der Waals surface area contributed by atoms with Crippen molar-refractivity contribution in [3.05, 3.63) is 64.2 Å². The second-order valence-corrected chi connectivity index (χ2v) is 3.84. The minimum absolute atomic E-state index is 0.148. The zero-order valence-electron chi connectivity index (χ0n) is 10.4. The molecule has 0 atom stereocenters. The van der Waals surface area contributed by atoms with Gasteiger partial charge in [-0.05, 0) is 18.2 Å². The van der Waals surface area contributed by atoms with E-state index in [1.807, 2.05) is 5.32 Å². The van der Waals surface area contributed by atoms with Crippen LogP contribution >= 0.6 is 0 Å². The van der Waals surface area contributed by atoms with Crippen molar-refractivity contribution >= 4 is 17.5 Å². The Bertz CT molecular complexity index is 692. The third-order valence-electron chi connectivity index (χ3n) is 2.45. The first-order valence-corrected chi connectivity index (χ1v) is 5.65. The number of ether oxygens (including phenoxy) is 1. The molecule has 0 spiro atoms. The molecule has 1 N–H and O–H groups in total. The highest BCUT2D eigenvalue weighted by atomic mass is 19.2. The number of carbonyl (C=O) groups excluding carboxylic acids is 1. The van der Waals surface area contributed by atoms with E-state index in [0.717, 1.165) is 6.07 Å². The number of hydrogen-bond acceptors (Lipinski definition) is 4.